The Morgan fingerprint density at radius 2 is 2.12 bits per heavy atom. The molecule has 0 fully saturated rings. The van der Waals surface area contributed by atoms with Crippen LogP contribution >= 0.6 is 0 Å². The van der Waals surface area contributed by atoms with Crippen LogP contribution in [0.3, 0.4) is 0 Å². The van der Waals surface area contributed by atoms with Gasteiger partial charge in [0.05, 0.1) is 5.70 Å². The van der Waals surface area contributed by atoms with Crippen LogP contribution in [0.25, 0.3) is 12.3 Å². The second-order valence-electron chi connectivity index (χ2n) is 4.45. The third-order valence-corrected chi connectivity index (χ3v) is 3.16. The number of rotatable bonds is 3. The van der Waals surface area contributed by atoms with E-state index in [9.17, 15) is 0 Å². The molecule has 1 atom stereocenters. The van der Waals surface area contributed by atoms with E-state index in [4.69, 9.17) is 0 Å². The third-order valence-electron chi connectivity index (χ3n) is 3.16. The molecule has 1 nitrogen and oxygen atoms in total. The first kappa shape index (κ1) is 11.8. The standard InChI is InChI=1S/C16H19N/c1-3-4-9-14-10-7-12-17-16(14)15-11-6-5-8-13(15)2/h5-8,10-12,14H,2-4,9H2,1H3/b16-15+. The van der Waals surface area contributed by atoms with E-state index in [2.05, 4.69) is 42.8 Å². The highest BCUT2D eigenvalue weighted by molar-refractivity contribution is 5.79. The van der Waals surface area contributed by atoms with Crippen LogP contribution in [0.5, 0.6) is 0 Å². The van der Waals surface area contributed by atoms with Gasteiger partial charge in [0.1, 0.15) is 0 Å². The van der Waals surface area contributed by atoms with Crippen LogP contribution in [-0.2, 0) is 0 Å². The average molecular weight is 225 g/mol. The van der Waals surface area contributed by atoms with Crippen molar-refractivity contribution in [2.45, 2.75) is 26.2 Å². The van der Waals surface area contributed by atoms with Gasteiger partial charge in [-0.05, 0) is 17.7 Å². The van der Waals surface area contributed by atoms with Crippen molar-refractivity contribution in [2.75, 3.05) is 0 Å². The molecule has 0 radical (unpaired) electrons. The smallest absolute Gasteiger partial charge is 0.0550 e. The third kappa shape index (κ3) is 2.73. The predicted molar refractivity (Wildman–Crippen MR) is 75.3 cm³/mol. The second-order valence-corrected chi connectivity index (χ2v) is 4.45. The molecule has 0 N–H and O–H groups in total. The molecule has 0 saturated heterocycles. The van der Waals surface area contributed by atoms with Crippen molar-refractivity contribution in [3.63, 3.8) is 0 Å². The second kappa shape index (κ2) is 5.62. The number of allylic oxidation sites excluding steroid dienone is 1. The number of benzene rings is 1. The molecule has 1 aromatic carbocycles. The summed E-state index contributed by atoms with van der Waals surface area (Å²) in [6, 6.07) is 8.25. The summed E-state index contributed by atoms with van der Waals surface area (Å²) in [5.41, 5.74) is 1.17. The summed E-state index contributed by atoms with van der Waals surface area (Å²) in [6.45, 7) is 6.32. The lowest BCUT2D eigenvalue weighted by molar-refractivity contribution is 0.645. The zero-order chi connectivity index (χ0) is 12.1. The van der Waals surface area contributed by atoms with Crippen molar-refractivity contribution in [1.82, 2.24) is 0 Å². The fourth-order valence-corrected chi connectivity index (χ4v) is 2.19. The van der Waals surface area contributed by atoms with E-state index in [1.165, 1.54) is 30.2 Å². The molecule has 2 rings (SSSR count). The molecule has 0 bridgehead atoms. The zero-order valence-electron chi connectivity index (χ0n) is 10.4. The van der Waals surface area contributed by atoms with Crippen molar-refractivity contribution >= 4 is 18.5 Å². The van der Waals surface area contributed by atoms with Crippen molar-refractivity contribution in [3.8, 4) is 0 Å². The van der Waals surface area contributed by atoms with Gasteiger partial charge in [-0.2, -0.15) is 0 Å². The Morgan fingerprint density at radius 3 is 2.88 bits per heavy atom. The van der Waals surface area contributed by atoms with Crippen LogP contribution in [0.4, 0.5) is 0 Å². The van der Waals surface area contributed by atoms with Gasteiger partial charge in [0.2, 0.25) is 0 Å². The minimum Gasteiger partial charge on any atom is -0.260 e. The zero-order valence-corrected chi connectivity index (χ0v) is 10.4. The molecule has 1 heterocycles. The van der Waals surface area contributed by atoms with Gasteiger partial charge < -0.3 is 0 Å². The molecule has 88 valence electrons. The quantitative estimate of drug-likeness (QED) is 0.750. The first-order chi connectivity index (χ1) is 8.33. The monoisotopic (exact) mass is 225 g/mol. The summed E-state index contributed by atoms with van der Waals surface area (Å²) in [4.78, 5) is 4.56. The van der Waals surface area contributed by atoms with Crippen molar-refractivity contribution in [3.05, 3.63) is 46.9 Å². The minimum absolute atomic E-state index is 0.447. The number of nitrogens with zero attached hydrogens (tertiary/aromatic N) is 1. The van der Waals surface area contributed by atoms with Crippen molar-refractivity contribution in [1.29, 1.82) is 0 Å². The molecule has 1 aromatic rings. The highest BCUT2D eigenvalue weighted by atomic mass is 14.7. The maximum Gasteiger partial charge on any atom is 0.0550 e. The fourth-order valence-electron chi connectivity index (χ4n) is 2.19. The molecule has 1 aliphatic rings. The van der Waals surface area contributed by atoms with Gasteiger partial charge in [0, 0.05) is 17.4 Å². The lowest BCUT2D eigenvalue weighted by Gasteiger charge is -2.16. The molecule has 17 heavy (non-hydrogen) atoms. The normalized spacial score (nSPS) is 21.8. The van der Waals surface area contributed by atoms with Crippen LogP contribution in [0.15, 0.2) is 41.4 Å². The Balaban J connectivity index is 2.45. The summed E-state index contributed by atoms with van der Waals surface area (Å²) in [7, 11) is 0. The first-order valence-electron chi connectivity index (χ1n) is 6.32. The summed E-state index contributed by atoms with van der Waals surface area (Å²) in [6.07, 6.45) is 9.83. The summed E-state index contributed by atoms with van der Waals surface area (Å²) < 4.78 is 0. The average Bonchev–Trinajstić information content (AvgIpc) is 2.37. The Morgan fingerprint density at radius 1 is 1.29 bits per heavy atom. The number of hydrogen-bond acceptors (Lipinski definition) is 1. The number of dihydropyridines is 1. The highest BCUT2D eigenvalue weighted by Gasteiger charge is 2.12. The lowest BCUT2D eigenvalue weighted by Crippen LogP contribution is -2.27. The summed E-state index contributed by atoms with van der Waals surface area (Å²) >= 11 is 0. The number of hydrogen-bond donors (Lipinski definition) is 0. The Kier molecular flexibility index (Phi) is 3.92. The Hall–Kier alpha value is -1.63. The van der Waals surface area contributed by atoms with Crippen molar-refractivity contribution < 1.29 is 0 Å². The van der Waals surface area contributed by atoms with Gasteiger partial charge in [-0.1, -0.05) is 56.7 Å². The minimum atomic E-state index is 0.447. The van der Waals surface area contributed by atoms with Gasteiger partial charge >= 0.3 is 0 Å². The van der Waals surface area contributed by atoms with Crippen LogP contribution in [-0.4, -0.2) is 6.21 Å². The number of aliphatic imine (C=N–C) groups is 1. The SMILES string of the molecule is C=c1cccc/c1=C1\N=CC=CC1CCCC. The van der Waals surface area contributed by atoms with Crippen LogP contribution in [0, 0.1) is 5.92 Å². The van der Waals surface area contributed by atoms with E-state index >= 15 is 0 Å². The largest absolute Gasteiger partial charge is 0.260 e. The Labute approximate surface area is 103 Å². The van der Waals surface area contributed by atoms with E-state index in [0.717, 1.165) is 5.22 Å². The molecule has 0 aliphatic carbocycles. The maximum absolute atomic E-state index is 4.56. The Bertz CT molecular complexity index is 537. The van der Waals surface area contributed by atoms with E-state index in [-0.39, 0.29) is 0 Å². The molecule has 1 heteroatoms. The van der Waals surface area contributed by atoms with Gasteiger partial charge in [-0.15, -0.1) is 0 Å². The number of unbranched alkanes of at least 4 members (excludes halogenated alkanes) is 1. The first-order valence-corrected chi connectivity index (χ1v) is 6.32. The molecule has 0 spiro atoms. The van der Waals surface area contributed by atoms with E-state index in [1.54, 1.807) is 0 Å². The van der Waals surface area contributed by atoms with E-state index in [1.807, 2.05) is 18.3 Å². The van der Waals surface area contributed by atoms with Gasteiger partial charge in [-0.3, -0.25) is 4.99 Å². The molecular formula is C16H19N. The molecular weight excluding hydrogens is 206 g/mol. The maximum atomic E-state index is 4.56. The summed E-state index contributed by atoms with van der Waals surface area (Å²) in [5, 5.41) is 2.26. The fraction of sp³-hybridized carbons (Fsp3) is 0.312. The van der Waals surface area contributed by atoms with Gasteiger partial charge in [0.25, 0.3) is 0 Å². The van der Waals surface area contributed by atoms with Crippen LogP contribution in [0.2, 0.25) is 0 Å². The van der Waals surface area contributed by atoms with Crippen LogP contribution < -0.4 is 10.4 Å². The molecule has 0 saturated carbocycles. The molecule has 0 aromatic heterocycles. The molecule has 0 amide bonds. The summed E-state index contributed by atoms with van der Waals surface area (Å²) in [5.74, 6) is 0.447. The topological polar surface area (TPSA) is 12.4 Å². The highest BCUT2D eigenvalue weighted by Crippen LogP contribution is 2.22. The van der Waals surface area contributed by atoms with Crippen molar-refractivity contribution in [2.24, 2.45) is 10.9 Å². The molecule has 1 aliphatic heterocycles. The predicted octanol–water partition coefficient (Wildman–Crippen LogP) is 2.65. The molecule has 1 unspecified atom stereocenters. The van der Waals surface area contributed by atoms with Gasteiger partial charge in [0.15, 0.2) is 0 Å². The van der Waals surface area contributed by atoms with E-state index in [0.29, 0.717) is 5.92 Å². The van der Waals surface area contributed by atoms with Crippen LogP contribution in [0.1, 0.15) is 26.2 Å². The van der Waals surface area contributed by atoms with Gasteiger partial charge in [-0.25, -0.2) is 0 Å². The van der Waals surface area contributed by atoms with E-state index < -0.39 is 0 Å². The lowest BCUT2D eigenvalue weighted by atomic mass is 9.94.